The molecule has 2 heterocycles. The maximum absolute atomic E-state index is 12.9. The summed E-state index contributed by atoms with van der Waals surface area (Å²) in [7, 11) is -3.64. The van der Waals surface area contributed by atoms with Gasteiger partial charge in [0.25, 0.3) is 0 Å². The first-order valence-electron chi connectivity index (χ1n) is 10.2. The minimum atomic E-state index is -3.64. The Morgan fingerprint density at radius 3 is 2.64 bits per heavy atom. The van der Waals surface area contributed by atoms with E-state index in [1.165, 1.54) is 24.3 Å². The predicted molar refractivity (Wildman–Crippen MR) is 105 cm³/mol. The molecule has 1 aliphatic carbocycles. The Hall–Kier alpha value is -1.91. The van der Waals surface area contributed by atoms with E-state index in [2.05, 4.69) is 16.5 Å². The monoisotopic (exact) mass is 401 g/mol. The summed E-state index contributed by atoms with van der Waals surface area (Å²) in [6.45, 7) is 2.99. The Kier molecular flexibility index (Phi) is 4.96. The molecule has 7 heteroatoms. The summed E-state index contributed by atoms with van der Waals surface area (Å²) in [4.78, 5) is 14.9. The molecule has 0 radical (unpaired) electrons. The minimum Gasteiger partial charge on any atom is -0.337 e. The lowest BCUT2D eigenvalue weighted by molar-refractivity contribution is -0.138. The second kappa shape index (κ2) is 7.16. The standard InChI is InChI=1S/C21H27N3O3S/c1-15-18-4-2-5-20(25)24-13-3-11-21(18,24)12-10-19(15)23-28(26,27)17-8-6-16(14-22)7-9-17/h6-9,15,18-19,23H,2-5,10-13H2,1H3/t15-,18+,19+,21-/m1/s1. The van der Waals surface area contributed by atoms with E-state index < -0.39 is 10.0 Å². The molecule has 4 rings (SSSR count). The highest BCUT2D eigenvalue weighted by Crippen LogP contribution is 2.51. The molecule has 0 aromatic heterocycles. The predicted octanol–water partition coefficient (Wildman–Crippen LogP) is 2.80. The minimum absolute atomic E-state index is 0.0661. The third-order valence-corrected chi connectivity index (χ3v) is 8.69. The van der Waals surface area contributed by atoms with Gasteiger partial charge in [-0.25, -0.2) is 13.1 Å². The van der Waals surface area contributed by atoms with E-state index in [0.717, 1.165) is 45.1 Å². The molecule has 1 spiro atoms. The van der Waals surface area contributed by atoms with Crippen molar-refractivity contribution in [2.45, 2.75) is 68.3 Å². The van der Waals surface area contributed by atoms with Gasteiger partial charge in [0.2, 0.25) is 15.9 Å². The normalized spacial score (nSPS) is 32.9. The molecule has 1 amide bonds. The third kappa shape index (κ3) is 3.13. The number of nitrogens with one attached hydrogen (secondary N) is 1. The second-order valence-electron chi connectivity index (χ2n) is 8.51. The molecule has 1 aromatic carbocycles. The van der Waals surface area contributed by atoms with E-state index in [1.54, 1.807) is 0 Å². The summed E-state index contributed by atoms with van der Waals surface area (Å²) in [6, 6.07) is 7.90. The van der Waals surface area contributed by atoms with Crippen LogP contribution in [0, 0.1) is 23.2 Å². The van der Waals surface area contributed by atoms with Gasteiger partial charge in [-0.3, -0.25) is 4.79 Å². The molecule has 6 nitrogen and oxygen atoms in total. The third-order valence-electron chi connectivity index (χ3n) is 7.18. The Bertz CT molecular complexity index is 906. The summed E-state index contributed by atoms with van der Waals surface area (Å²) in [5, 5.41) is 8.91. The van der Waals surface area contributed by atoms with E-state index in [0.29, 0.717) is 17.9 Å². The molecule has 3 fully saturated rings. The number of nitriles is 1. The Balaban J connectivity index is 1.56. The van der Waals surface area contributed by atoms with Crippen LogP contribution in [-0.4, -0.2) is 37.4 Å². The van der Waals surface area contributed by atoms with Crippen LogP contribution in [0.1, 0.15) is 57.4 Å². The average Bonchev–Trinajstić information content (AvgIpc) is 3.05. The molecule has 1 aromatic rings. The van der Waals surface area contributed by atoms with Crippen LogP contribution in [0.25, 0.3) is 0 Å². The average molecular weight is 402 g/mol. The fraction of sp³-hybridized carbons (Fsp3) is 0.619. The van der Waals surface area contributed by atoms with Crippen LogP contribution in [0.5, 0.6) is 0 Å². The number of nitrogens with zero attached hydrogens (tertiary/aromatic N) is 2. The summed E-state index contributed by atoms with van der Waals surface area (Å²) in [5.41, 5.74) is 0.375. The fourth-order valence-corrected chi connectivity index (χ4v) is 7.19. The van der Waals surface area contributed by atoms with Crippen LogP contribution < -0.4 is 4.72 Å². The molecular formula is C21H27N3O3S. The van der Waals surface area contributed by atoms with Gasteiger partial charge in [-0.1, -0.05) is 6.92 Å². The van der Waals surface area contributed by atoms with Gasteiger partial charge < -0.3 is 4.90 Å². The number of carbonyl (C=O) groups is 1. The molecule has 1 N–H and O–H groups in total. The van der Waals surface area contributed by atoms with Crippen LogP contribution in [0.2, 0.25) is 0 Å². The van der Waals surface area contributed by atoms with E-state index in [4.69, 9.17) is 5.26 Å². The molecule has 2 aliphatic heterocycles. The summed E-state index contributed by atoms with van der Waals surface area (Å²) in [5.74, 6) is 0.793. The van der Waals surface area contributed by atoms with Crippen molar-refractivity contribution < 1.29 is 13.2 Å². The Labute approximate surface area is 167 Å². The summed E-state index contributed by atoms with van der Waals surface area (Å²) < 4.78 is 28.7. The largest absolute Gasteiger partial charge is 0.337 e. The number of amides is 1. The number of carbonyl (C=O) groups excluding carboxylic acids is 1. The van der Waals surface area contributed by atoms with Gasteiger partial charge >= 0.3 is 0 Å². The highest BCUT2D eigenvalue weighted by Gasteiger charge is 2.55. The number of rotatable bonds is 3. The van der Waals surface area contributed by atoms with Gasteiger partial charge in [0.1, 0.15) is 0 Å². The van der Waals surface area contributed by atoms with Crippen molar-refractivity contribution in [2.75, 3.05) is 6.54 Å². The highest BCUT2D eigenvalue weighted by atomic mass is 32.2. The van der Waals surface area contributed by atoms with Crippen LogP contribution in [0.15, 0.2) is 29.2 Å². The summed E-state index contributed by atoms with van der Waals surface area (Å²) in [6.07, 6.45) is 6.21. The second-order valence-corrected chi connectivity index (χ2v) is 10.2. The highest BCUT2D eigenvalue weighted by molar-refractivity contribution is 7.89. The molecule has 150 valence electrons. The van der Waals surface area contributed by atoms with E-state index >= 15 is 0 Å². The maximum Gasteiger partial charge on any atom is 0.240 e. The lowest BCUT2D eigenvalue weighted by Gasteiger charge is -2.52. The lowest BCUT2D eigenvalue weighted by Crippen LogP contribution is -2.59. The molecule has 4 atom stereocenters. The lowest BCUT2D eigenvalue weighted by atomic mass is 9.63. The zero-order valence-electron chi connectivity index (χ0n) is 16.2. The number of benzene rings is 1. The van der Waals surface area contributed by atoms with Gasteiger partial charge in [-0.05, 0) is 74.6 Å². The van der Waals surface area contributed by atoms with Gasteiger partial charge in [0.15, 0.2) is 0 Å². The molecule has 0 bridgehead atoms. The quantitative estimate of drug-likeness (QED) is 0.843. The van der Waals surface area contributed by atoms with Crippen molar-refractivity contribution >= 4 is 15.9 Å². The van der Waals surface area contributed by atoms with Crippen LogP contribution in [0.4, 0.5) is 0 Å². The zero-order valence-corrected chi connectivity index (χ0v) is 17.0. The van der Waals surface area contributed by atoms with Crippen molar-refractivity contribution in [1.29, 1.82) is 5.26 Å². The van der Waals surface area contributed by atoms with E-state index in [-0.39, 0.29) is 28.3 Å². The molecule has 3 aliphatic rings. The number of sulfonamides is 1. The van der Waals surface area contributed by atoms with Crippen molar-refractivity contribution in [2.24, 2.45) is 11.8 Å². The van der Waals surface area contributed by atoms with E-state index in [1.807, 2.05) is 6.07 Å². The van der Waals surface area contributed by atoms with Crippen LogP contribution in [0.3, 0.4) is 0 Å². The first-order chi connectivity index (χ1) is 13.4. The molecular weight excluding hydrogens is 374 g/mol. The maximum atomic E-state index is 12.9. The fourth-order valence-electron chi connectivity index (χ4n) is 5.82. The SMILES string of the molecule is C[C@H]1[C@@H](NS(=O)(=O)c2ccc(C#N)cc2)CC[C@@]23CCCN2C(=O)CCC[C@@H]13. The van der Waals surface area contributed by atoms with Crippen molar-refractivity contribution in [3.05, 3.63) is 29.8 Å². The van der Waals surface area contributed by atoms with Gasteiger partial charge in [0, 0.05) is 24.5 Å². The summed E-state index contributed by atoms with van der Waals surface area (Å²) >= 11 is 0. The molecule has 2 saturated heterocycles. The number of hydrogen-bond acceptors (Lipinski definition) is 4. The van der Waals surface area contributed by atoms with Crippen molar-refractivity contribution in [1.82, 2.24) is 9.62 Å². The van der Waals surface area contributed by atoms with Crippen molar-refractivity contribution in [3.8, 4) is 6.07 Å². The number of hydrogen-bond donors (Lipinski definition) is 1. The first kappa shape index (κ1) is 19.4. The Morgan fingerprint density at radius 1 is 1.18 bits per heavy atom. The molecule has 0 unspecified atom stereocenters. The molecule has 1 saturated carbocycles. The smallest absolute Gasteiger partial charge is 0.240 e. The van der Waals surface area contributed by atoms with Gasteiger partial charge in [-0.2, -0.15) is 5.26 Å². The Morgan fingerprint density at radius 2 is 1.93 bits per heavy atom. The molecule has 28 heavy (non-hydrogen) atoms. The van der Waals surface area contributed by atoms with Gasteiger partial charge in [0.05, 0.1) is 16.5 Å². The van der Waals surface area contributed by atoms with E-state index in [9.17, 15) is 13.2 Å². The van der Waals surface area contributed by atoms with Crippen LogP contribution >= 0.6 is 0 Å². The zero-order chi connectivity index (χ0) is 19.9. The van der Waals surface area contributed by atoms with Crippen molar-refractivity contribution in [3.63, 3.8) is 0 Å². The topological polar surface area (TPSA) is 90.3 Å². The van der Waals surface area contributed by atoms with Gasteiger partial charge in [-0.15, -0.1) is 0 Å². The van der Waals surface area contributed by atoms with Crippen LogP contribution in [-0.2, 0) is 14.8 Å². The first-order valence-corrected chi connectivity index (χ1v) is 11.7.